The summed E-state index contributed by atoms with van der Waals surface area (Å²) >= 11 is 11.8. The number of H-pyrrole nitrogens is 1. The third-order valence-corrected chi connectivity index (χ3v) is 3.89. The maximum absolute atomic E-state index is 12.3. The highest BCUT2D eigenvalue weighted by Crippen LogP contribution is 2.19. The van der Waals surface area contributed by atoms with Crippen molar-refractivity contribution in [3.05, 3.63) is 80.1 Å². The molecule has 0 saturated carbocycles. The first-order chi connectivity index (χ1) is 11.5. The molecule has 0 bridgehead atoms. The molecule has 1 amide bonds. The number of hydrazone groups is 1. The summed E-state index contributed by atoms with van der Waals surface area (Å²) in [5, 5.41) is 5.44. The van der Waals surface area contributed by atoms with Crippen LogP contribution in [0.4, 0.5) is 0 Å². The van der Waals surface area contributed by atoms with Gasteiger partial charge in [-0.05, 0) is 18.2 Å². The van der Waals surface area contributed by atoms with Crippen molar-refractivity contribution >= 4 is 46.2 Å². The Balaban J connectivity index is 1.85. The number of rotatable bonds is 3. The molecule has 24 heavy (non-hydrogen) atoms. The average Bonchev–Trinajstić information content (AvgIpc) is 2.56. The van der Waals surface area contributed by atoms with Crippen LogP contribution in [0.3, 0.4) is 0 Å². The SMILES string of the molecule is O=C(NN=Cc1ccc(Cl)cc1Cl)c1cc(=O)[nH]c2ccccc12. The maximum Gasteiger partial charge on any atom is 0.272 e. The summed E-state index contributed by atoms with van der Waals surface area (Å²) in [5.74, 6) is -0.487. The molecule has 1 heterocycles. The van der Waals surface area contributed by atoms with E-state index in [2.05, 4.69) is 15.5 Å². The number of para-hydroxylation sites is 1. The molecule has 0 unspecified atom stereocenters. The van der Waals surface area contributed by atoms with Crippen molar-refractivity contribution in [1.29, 1.82) is 0 Å². The number of carbonyl (C=O) groups excluding carboxylic acids is 1. The molecule has 2 N–H and O–H groups in total. The number of hydrogen-bond donors (Lipinski definition) is 2. The zero-order valence-corrected chi connectivity index (χ0v) is 13.7. The molecule has 0 aliphatic rings. The van der Waals surface area contributed by atoms with Crippen molar-refractivity contribution in [1.82, 2.24) is 10.4 Å². The van der Waals surface area contributed by atoms with Gasteiger partial charge in [0.25, 0.3) is 5.91 Å². The van der Waals surface area contributed by atoms with Crippen LogP contribution in [0.25, 0.3) is 10.9 Å². The second kappa shape index (κ2) is 6.86. The van der Waals surface area contributed by atoms with E-state index in [1.165, 1.54) is 12.3 Å². The van der Waals surface area contributed by atoms with Gasteiger partial charge in [-0.3, -0.25) is 9.59 Å². The lowest BCUT2D eigenvalue weighted by Gasteiger charge is -2.04. The zero-order chi connectivity index (χ0) is 17.1. The summed E-state index contributed by atoms with van der Waals surface area (Å²) in [6.07, 6.45) is 1.41. The molecule has 0 aliphatic heterocycles. The Kier molecular flexibility index (Phi) is 4.64. The molecular weight excluding hydrogens is 349 g/mol. The fourth-order valence-corrected chi connectivity index (χ4v) is 2.68. The minimum absolute atomic E-state index is 0.244. The number of aromatic nitrogens is 1. The predicted octanol–water partition coefficient (Wildman–Crippen LogP) is 3.60. The van der Waals surface area contributed by atoms with Gasteiger partial charge in [-0.2, -0.15) is 5.10 Å². The van der Waals surface area contributed by atoms with Gasteiger partial charge in [0.1, 0.15) is 0 Å². The monoisotopic (exact) mass is 359 g/mol. The number of benzene rings is 2. The Morgan fingerprint density at radius 1 is 1.12 bits per heavy atom. The van der Waals surface area contributed by atoms with E-state index in [0.717, 1.165) is 0 Å². The number of nitrogens with zero attached hydrogens (tertiary/aromatic N) is 1. The van der Waals surface area contributed by atoms with Crippen LogP contribution in [0.2, 0.25) is 10.0 Å². The number of nitrogens with one attached hydrogen (secondary N) is 2. The lowest BCUT2D eigenvalue weighted by molar-refractivity contribution is 0.0956. The minimum Gasteiger partial charge on any atom is -0.322 e. The first-order valence-electron chi connectivity index (χ1n) is 6.95. The van der Waals surface area contributed by atoms with Crippen molar-refractivity contribution in [2.45, 2.75) is 0 Å². The second-order valence-corrected chi connectivity index (χ2v) is 5.80. The van der Waals surface area contributed by atoms with Crippen LogP contribution in [0, 0.1) is 0 Å². The van der Waals surface area contributed by atoms with Gasteiger partial charge >= 0.3 is 0 Å². The van der Waals surface area contributed by atoms with Crippen LogP contribution in [0.5, 0.6) is 0 Å². The van der Waals surface area contributed by atoms with Gasteiger partial charge < -0.3 is 4.98 Å². The lowest BCUT2D eigenvalue weighted by Crippen LogP contribution is -2.20. The van der Waals surface area contributed by atoms with Gasteiger partial charge in [0.15, 0.2) is 0 Å². The third-order valence-electron chi connectivity index (χ3n) is 3.33. The van der Waals surface area contributed by atoms with Gasteiger partial charge in [0.2, 0.25) is 5.56 Å². The van der Waals surface area contributed by atoms with Crippen LogP contribution in [0.1, 0.15) is 15.9 Å². The van der Waals surface area contributed by atoms with Crippen LogP contribution in [-0.4, -0.2) is 17.1 Å². The molecule has 5 nitrogen and oxygen atoms in total. The Bertz CT molecular complexity index is 1010. The van der Waals surface area contributed by atoms with E-state index < -0.39 is 5.91 Å². The van der Waals surface area contributed by atoms with E-state index in [4.69, 9.17) is 23.2 Å². The van der Waals surface area contributed by atoms with Gasteiger partial charge in [-0.15, -0.1) is 0 Å². The topological polar surface area (TPSA) is 74.3 Å². The Hall–Kier alpha value is -2.63. The molecule has 3 aromatic rings. The maximum atomic E-state index is 12.3. The number of hydrogen-bond acceptors (Lipinski definition) is 3. The highest BCUT2D eigenvalue weighted by Gasteiger charge is 2.10. The quantitative estimate of drug-likeness (QED) is 0.553. The van der Waals surface area contributed by atoms with E-state index in [1.807, 2.05) is 0 Å². The summed E-state index contributed by atoms with van der Waals surface area (Å²) in [7, 11) is 0. The fraction of sp³-hybridized carbons (Fsp3) is 0. The summed E-state index contributed by atoms with van der Waals surface area (Å²) in [4.78, 5) is 26.7. The van der Waals surface area contributed by atoms with Crippen molar-refractivity contribution in [2.24, 2.45) is 5.10 Å². The highest BCUT2D eigenvalue weighted by atomic mass is 35.5. The number of amides is 1. The van der Waals surface area contributed by atoms with Gasteiger partial charge in [0.05, 0.1) is 16.8 Å². The summed E-state index contributed by atoms with van der Waals surface area (Å²) in [6.45, 7) is 0. The Morgan fingerprint density at radius 3 is 2.71 bits per heavy atom. The highest BCUT2D eigenvalue weighted by molar-refractivity contribution is 6.36. The lowest BCUT2D eigenvalue weighted by atomic mass is 10.1. The largest absolute Gasteiger partial charge is 0.322 e. The van der Waals surface area contributed by atoms with E-state index in [0.29, 0.717) is 26.5 Å². The smallest absolute Gasteiger partial charge is 0.272 e. The molecule has 120 valence electrons. The summed E-state index contributed by atoms with van der Waals surface area (Å²) in [5.41, 5.74) is 3.47. The molecule has 0 fully saturated rings. The van der Waals surface area contributed by atoms with Crippen molar-refractivity contribution < 1.29 is 4.79 Å². The summed E-state index contributed by atoms with van der Waals surface area (Å²) in [6, 6.07) is 13.2. The Morgan fingerprint density at radius 2 is 1.92 bits per heavy atom. The molecule has 0 atom stereocenters. The summed E-state index contributed by atoms with van der Waals surface area (Å²) < 4.78 is 0. The van der Waals surface area contributed by atoms with Crippen LogP contribution in [-0.2, 0) is 0 Å². The number of halogens is 2. The second-order valence-electron chi connectivity index (χ2n) is 4.96. The van der Waals surface area contributed by atoms with Crippen LogP contribution < -0.4 is 11.0 Å². The molecule has 7 heteroatoms. The standard InChI is InChI=1S/C17H11Cl2N3O2/c18-11-6-5-10(14(19)7-11)9-20-22-17(24)13-8-16(23)21-15-4-2-1-3-12(13)15/h1-9H,(H,21,23)(H,22,24). The van der Waals surface area contributed by atoms with Crippen molar-refractivity contribution in [2.75, 3.05) is 0 Å². The predicted molar refractivity (Wildman–Crippen MR) is 96.1 cm³/mol. The van der Waals surface area contributed by atoms with Crippen molar-refractivity contribution in [3.63, 3.8) is 0 Å². The molecule has 2 aromatic carbocycles. The fourth-order valence-electron chi connectivity index (χ4n) is 2.22. The normalized spacial score (nSPS) is 11.1. The van der Waals surface area contributed by atoms with Gasteiger partial charge in [-0.1, -0.05) is 47.5 Å². The van der Waals surface area contributed by atoms with E-state index in [-0.39, 0.29) is 11.1 Å². The molecule has 3 rings (SSSR count). The molecular formula is C17H11Cl2N3O2. The minimum atomic E-state index is -0.487. The molecule has 0 spiro atoms. The van der Waals surface area contributed by atoms with E-state index in [1.54, 1.807) is 42.5 Å². The first kappa shape index (κ1) is 16.2. The van der Waals surface area contributed by atoms with E-state index >= 15 is 0 Å². The molecule has 0 aliphatic carbocycles. The third kappa shape index (κ3) is 3.48. The van der Waals surface area contributed by atoms with Crippen LogP contribution in [0.15, 0.2) is 58.4 Å². The first-order valence-corrected chi connectivity index (χ1v) is 7.71. The number of carbonyl (C=O) groups is 1. The van der Waals surface area contributed by atoms with Gasteiger partial charge in [-0.25, -0.2) is 5.43 Å². The van der Waals surface area contributed by atoms with Gasteiger partial charge in [0, 0.05) is 27.6 Å². The number of aromatic amines is 1. The van der Waals surface area contributed by atoms with E-state index in [9.17, 15) is 9.59 Å². The zero-order valence-electron chi connectivity index (χ0n) is 12.2. The molecule has 1 aromatic heterocycles. The molecule has 0 radical (unpaired) electrons. The number of pyridine rings is 1. The van der Waals surface area contributed by atoms with Crippen LogP contribution >= 0.6 is 23.2 Å². The number of fused-ring (bicyclic) bond motifs is 1. The molecule has 0 saturated heterocycles. The average molecular weight is 360 g/mol. The van der Waals surface area contributed by atoms with Crippen molar-refractivity contribution in [3.8, 4) is 0 Å². The Labute approximate surface area is 146 Å².